The maximum absolute atomic E-state index is 12.3. The number of nitrogens with one attached hydrogen (secondary N) is 3. The zero-order valence-electron chi connectivity index (χ0n) is 30.8. The van der Waals surface area contributed by atoms with Gasteiger partial charge in [-0.25, -0.2) is 14.2 Å². The summed E-state index contributed by atoms with van der Waals surface area (Å²) >= 11 is 0. The van der Waals surface area contributed by atoms with Crippen LogP contribution in [-0.2, 0) is 48.7 Å². The van der Waals surface area contributed by atoms with Crippen LogP contribution < -0.4 is 16.0 Å². The van der Waals surface area contributed by atoms with Gasteiger partial charge in [0, 0.05) is 45.7 Å². The topological polar surface area (TPSA) is 250 Å². The highest BCUT2D eigenvalue weighted by atomic mass is 31.2. The van der Waals surface area contributed by atoms with E-state index in [0.717, 1.165) is 44.8 Å². The molecular weight excluding hydrogens is 732 g/mol. The molecule has 54 heavy (non-hydrogen) atoms. The molecule has 1 aromatic carbocycles. The predicted molar refractivity (Wildman–Crippen MR) is 192 cm³/mol. The second kappa shape index (κ2) is 23.9. The first kappa shape index (κ1) is 45.6. The molecule has 0 saturated carbocycles. The minimum Gasteiger partial charge on any atom is -0.431 e. The van der Waals surface area contributed by atoms with E-state index in [9.17, 15) is 39.2 Å². The van der Waals surface area contributed by atoms with Crippen LogP contribution in [-0.4, -0.2) is 135 Å². The van der Waals surface area contributed by atoms with E-state index in [1.807, 2.05) is 18.2 Å². The number of amides is 3. The fourth-order valence-electron chi connectivity index (χ4n) is 6.10. The Bertz CT molecular complexity index is 1320. The number of hydrogen-bond donors (Lipinski definition) is 7. The third kappa shape index (κ3) is 15.7. The molecule has 7 N–H and O–H groups in total. The highest BCUT2D eigenvalue weighted by Gasteiger charge is 2.47. The Balaban J connectivity index is 1.26. The van der Waals surface area contributed by atoms with Crippen LogP contribution in [0.1, 0.15) is 63.9 Å². The fourth-order valence-corrected chi connectivity index (χ4v) is 6.78. The lowest BCUT2D eigenvalue weighted by Crippen LogP contribution is -2.64. The van der Waals surface area contributed by atoms with E-state index in [-0.39, 0.29) is 25.9 Å². The van der Waals surface area contributed by atoms with Crippen LogP contribution >= 0.6 is 7.82 Å². The van der Waals surface area contributed by atoms with Gasteiger partial charge in [-0.15, -0.1) is 0 Å². The predicted octanol–water partition coefficient (Wildman–Crippen LogP) is 1.36. The van der Waals surface area contributed by atoms with Crippen LogP contribution in [0.2, 0.25) is 0 Å². The molecule has 18 nitrogen and oxygen atoms in total. The van der Waals surface area contributed by atoms with Gasteiger partial charge in [0.2, 0.25) is 5.91 Å². The number of rotatable bonds is 23. The number of aliphatic hydroxyl groups excluding tert-OH is 3. The van der Waals surface area contributed by atoms with Gasteiger partial charge in [0.25, 0.3) is 0 Å². The maximum Gasteiger partial charge on any atom is 0.508 e. The van der Waals surface area contributed by atoms with E-state index in [1.165, 1.54) is 6.92 Å². The largest absolute Gasteiger partial charge is 0.508 e. The number of benzene rings is 1. The van der Waals surface area contributed by atoms with Crippen molar-refractivity contribution < 1.29 is 71.9 Å². The minimum atomic E-state index is -4.41. The Hall–Kier alpha value is -2.84. The van der Waals surface area contributed by atoms with Gasteiger partial charge >= 0.3 is 20.0 Å². The first-order valence-electron chi connectivity index (χ1n) is 18.2. The molecule has 20 heteroatoms. The van der Waals surface area contributed by atoms with E-state index >= 15 is 0 Å². The molecule has 2 unspecified atom stereocenters. The second-order valence-corrected chi connectivity index (χ2v) is 14.6. The molecule has 0 aromatic heterocycles. The first-order chi connectivity index (χ1) is 25.8. The smallest absolute Gasteiger partial charge is 0.431 e. The molecule has 0 aliphatic carbocycles. The normalized spacial score (nSPS) is 27.8. The van der Waals surface area contributed by atoms with Crippen molar-refractivity contribution in [2.24, 2.45) is 5.92 Å². The number of phosphoric ester groups is 1. The Kier molecular flexibility index (Phi) is 20.2. The van der Waals surface area contributed by atoms with Crippen LogP contribution in [0.25, 0.3) is 0 Å². The molecule has 0 spiro atoms. The van der Waals surface area contributed by atoms with Gasteiger partial charge in [0.05, 0.1) is 6.61 Å². The quantitative estimate of drug-likeness (QED) is 0.0358. The SMILES string of the molecule is [B][C@@H]1O[C@H](COC(=O)OCc2ccccc2)C(OP(=O)(O)OC)[C@@H]1CCCCCCCNC(=O)NCCCCO[C@@H]1O[C@H](CO)[C@H](O)[C@H](O)[C@H]1NC(C)=O. The Morgan fingerprint density at radius 2 is 1.57 bits per heavy atom. The zero-order chi connectivity index (χ0) is 39.5. The molecule has 2 aliphatic heterocycles. The van der Waals surface area contributed by atoms with Crippen molar-refractivity contribution in [1.82, 2.24) is 16.0 Å². The van der Waals surface area contributed by atoms with Crippen molar-refractivity contribution in [2.75, 3.05) is 40.0 Å². The maximum atomic E-state index is 12.3. The van der Waals surface area contributed by atoms with Crippen molar-refractivity contribution in [2.45, 2.75) is 114 Å². The number of urea groups is 1. The molecule has 10 atom stereocenters. The number of aliphatic hydroxyl groups is 3. The van der Waals surface area contributed by atoms with Crippen LogP contribution in [0.3, 0.4) is 0 Å². The first-order valence-corrected chi connectivity index (χ1v) is 19.7. The third-order valence-electron chi connectivity index (χ3n) is 8.98. The van der Waals surface area contributed by atoms with Gasteiger partial charge in [0.1, 0.15) is 57.6 Å². The van der Waals surface area contributed by atoms with Gasteiger partial charge in [-0.3, -0.25) is 13.8 Å². The summed E-state index contributed by atoms with van der Waals surface area (Å²) in [6, 6.07) is 6.92. The molecular formula is C34H55BN3O15P. The summed E-state index contributed by atoms with van der Waals surface area (Å²) in [4.78, 5) is 45.9. The standard InChI is InChI=1S/C34H55BN3O15P/c1-22(40)38-27-29(42)28(41)25(19-39)52-32(27)48-18-12-11-17-37-33(43)36-16-10-5-3-4-9-15-24-30(53-54(45,46)47-2)26(51-31(24)35)21-50-34(44)49-20-23-13-7-6-8-14-23/h6-8,13-14,24-32,39,41-42H,3-5,9-12,15-21H2,1-2H3,(H,38,40)(H,45,46)(H2,36,37,43)/t24-,25+,26+,27+,28-,29+,30?,31+,32+/m0/s1. The van der Waals surface area contributed by atoms with Gasteiger partial charge in [0.15, 0.2) is 6.29 Å². The number of carbonyl (C=O) groups is 3. The second-order valence-electron chi connectivity index (χ2n) is 13.1. The molecule has 2 heterocycles. The molecule has 2 fully saturated rings. The lowest BCUT2D eigenvalue weighted by Gasteiger charge is -2.42. The van der Waals surface area contributed by atoms with E-state index in [1.54, 1.807) is 12.1 Å². The molecule has 3 amide bonds. The number of carbonyl (C=O) groups excluding carboxylic acids is 3. The Morgan fingerprint density at radius 3 is 2.24 bits per heavy atom. The van der Waals surface area contributed by atoms with Crippen LogP contribution in [0.4, 0.5) is 9.59 Å². The average molecular weight is 788 g/mol. The number of unbranched alkanes of at least 4 members (excludes halogenated alkanes) is 5. The fraction of sp³-hybridized carbons (Fsp3) is 0.735. The lowest BCUT2D eigenvalue weighted by molar-refractivity contribution is -0.270. The third-order valence-corrected chi connectivity index (χ3v) is 9.95. The molecule has 2 saturated heterocycles. The minimum absolute atomic E-state index is 0.0149. The van der Waals surface area contributed by atoms with Crippen molar-refractivity contribution in [3.8, 4) is 0 Å². The number of hydrogen-bond acceptors (Lipinski definition) is 14. The summed E-state index contributed by atoms with van der Waals surface area (Å²) < 4.78 is 49.6. The van der Waals surface area contributed by atoms with Crippen LogP contribution in [0, 0.1) is 5.92 Å². The van der Waals surface area contributed by atoms with Crippen molar-refractivity contribution in [3.63, 3.8) is 0 Å². The van der Waals surface area contributed by atoms with E-state index in [2.05, 4.69) is 20.5 Å². The van der Waals surface area contributed by atoms with Crippen LogP contribution in [0.5, 0.6) is 0 Å². The zero-order valence-corrected chi connectivity index (χ0v) is 31.7. The van der Waals surface area contributed by atoms with E-state index < -0.39 is 81.3 Å². The molecule has 0 bridgehead atoms. The summed E-state index contributed by atoms with van der Waals surface area (Å²) in [5.74, 6) is -0.903. The van der Waals surface area contributed by atoms with Gasteiger partial charge in [-0.2, -0.15) is 0 Å². The number of ether oxygens (including phenoxy) is 5. The Morgan fingerprint density at radius 1 is 0.907 bits per heavy atom. The monoisotopic (exact) mass is 787 g/mol. The van der Waals surface area contributed by atoms with Crippen molar-refractivity contribution >= 4 is 33.8 Å². The van der Waals surface area contributed by atoms with Gasteiger partial charge < -0.3 is 59.8 Å². The van der Waals surface area contributed by atoms with E-state index in [0.29, 0.717) is 32.4 Å². The molecule has 304 valence electrons. The summed E-state index contributed by atoms with van der Waals surface area (Å²) in [6.45, 7) is 1.50. The molecule has 3 rings (SSSR count). The van der Waals surface area contributed by atoms with Crippen molar-refractivity contribution in [3.05, 3.63) is 35.9 Å². The van der Waals surface area contributed by atoms with Crippen molar-refractivity contribution in [1.29, 1.82) is 0 Å². The van der Waals surface area contributed by atoms with E-state index in [4.69, 9.17) is 36.1 Å². The average Bonchev–Trinajstić information content (AvgIpc) is 3.43. The highest BCUT2D eigenvalue weighted by Crippen LogP contribution is 2.48. The molecule has 2 radical (unpaired) electrons. The summed E-state index contributed by atoms with van der Waals surface area (Å²) in [5.41, 5.74) is 0.780. The summed E-state index contributed by atoms with van der Waals surface area (Å²) in [6.07, 6.45) is -2.04. The molecule has 1 aromatic rings. The highest BCUT2D eigenvalue weighted by molar-refractivity contribution is 7.47. The Labute approximate surface area is 316 Å². The van der Waals surface area contributed by atoms with Gasteiger partial charge in [-0.1, -0.05) is 56.0 Å². The summed E-state index contributed by atoms with van der Waals surface area (Å²) in [7, 11) is 2.85. The van der Waals surface area contributed by atoms with Gasteiger partial charge in [-0.05, 0) is 31.2 Å². The summed E-state index contributed by atoms with van der Waals surface area (Å²) in [5, 5.41) is 37.9. The molecule has 2 aliphatic rings. The van der Waals surface area contributed by atoms with Crippen LogP contribution in [0.15, 0.2) is 30.3 Å². The lowest BCUT2D eigenvalue weighted by atomic mass is 9.81. The number of phosphoric acid groups is 1.